The minimum absolute atomic E-state index is 0.0580. The van der Waals surface area contributed by atoms with Crippen molar-refractivity contribution in [3.63, 3.8) is 0 Å². The van der Waals surface area contributed by atoms with Gasteiger partial charge in [0.1, 0.15) is 23.4 Å². The SMILES string of the molecule is COc1ccc(OC)c([C@H]2CC(c3ccccc3O)=N[C@H](c3ccccc3)N2)c1. The number of ether oxygens (including phenoxy) is 2. The number of benzene rings is 3. The lowest BCUT2D eigenvalue weighted by molar-refractivity contribution is 0.378. The molecule has 3 aromatic carbocycles. The highest BCUT2D eigenvalue weighted by Gasteiger charge is 2.29. The maximum Gasteiger partial charge on any atom is 0.126 e. The number of phenolic OH excluding ortho intramolecular Hbond substituents is 1. The fraction of sp³-hybridized carbons (Fsp3) is 0.208. The zero-order valence-corrected chi connectivity index (χ0v) is 16.5. The first-order chi connectivity index (χ1) is 14.2. The van der Waals surface area contributed by atoms with Gasteiger partial charge in [-0.3, -0.25) is 10.3 Å². The van der Waals surface area contributed by atoms with Gasteiger partial charge < -0.3 is 14.6 Å². The summed E-state index contributed by atoms with van der Waals surface area (Å²) in [5.74, 6) is 1.79. The topological polar surface area (TPSA) is 63.1 Å². The number of rotatable bonds is 5. The van der Waals surface area contributed by atoms with Crippen molar-refractivity contribution in [1.82, 2.24) is 5.32 Å². The Morgan fingerprint density at radius 2 is 1.69 bits per heavy atom. The zero-order valence-electron chi connectivity index (χ0n) is 16.5. The maximum absolute atomic E-state index is 10.4. The number of methoxy groups -OCH3 is 2. The van der Waals surface area contributed by atoms with E-state index in [-0.39, 0.29) is 18.0 Å². The zero-order chi connectivity index (χ0) is 20.2. The lowest BCUT2D eigenvalue weighted by atomic mass is 9.93. The lowest BCUT2D eigenvalue weighted by Gasteiger charge is -2.31. The van der Waals surface area contributed by atoms with Crippen molar-refractivity contribution in [3.8, 4) is 17.2 Å². The van der Waals surface area contributed by atoms with E-state index in [1.807, 2.05) is 54.6 Å². The van der Waals surface area contributed by atoms with Crippen molar-refractivity contribution < 1.29 is 14.6 Å². The van der Waals surface area contributed by atoms with Crippen molar-refractivity contribution in [2.24, 2.45) is 4.99 Å². The van der Waals surface area contributed by atoms with E-state index >= 15 is 0 Å². The van der Waals surface area contributed by atoms with Gasteiger partial charge in [-0.05, 0) is 35.9 Å². The quantitative estimate of drug-likeness (QED) is 0.669. The van der Waals surface area contributed by atoms with Gasteiger partial charge in [-0.15, -0.1) is 0 Å². The summed E-state index contributed by atoms with van der Waals surface area (Å²) in [6.07, 6.45) is 0.380. The van der Waals surface area contributed by atoms with Gasteiger partial charge in [0.2, 0.25) is 0 Å². The molecular formula is C24H24N2O3. The molecule has 2 N–H and O–H groups in total. The molecule has 0 amide bonds. The Kier molecular flexibility index (Phi) is 5.49. The second-order valence-corrected chi connectivity index (χ2v) is 6.94. The summed E-state index contributed by atoms with van der Waals surface area (Å²) < 4.78 is 11.1. The maximum atomic E-state index is 10.4. The highest BCUT2D eigenvalue weighted by molar-refractivity contribution is 6.03. The van der Waals surface area contributed by atoms with Crippen LogP contribution in [-0.4, -0.2) is 25.0 Å². The minimum atomic E-state index is -0.236. The monoisotopic (exact) mass is 388 g/mol. The first kappa shape index (κ1) is 19.0. The van der Waals surface area contributed by atoms with Crippen molar-refractivity contribution >= 4 is 5.71 Å². The van der Waals surface area contributed by atoms with Crippen LogP contribution in [0.5, 0.6) is 17.2 Å². The van der Waals surface area contributed by atoms with Gasteiger partial charge in [0, 0.05) is 23.6 Å². The Labute approximate surface area is 170 Å². The van der Waals surface area contributed by atoms with E-state index < -0.39 is 0 Å². The van der Waals surface area contributed by atoms with Crippen LogP contribution < -0.4 is 14.8 Å². The molecule has 2 atom stereocenters. The molecule has 0 aromatic heterocycles. The highest BCUT2D eigenvalue weighted by atomic mass is 16.5. The van der Waals surface area contributed by atoms with Crippen LogP contribution >= 0.6 is 0 Å². The van der Waals surface area contributed by atoms with Crippen LogP contribution in [0.4, 0.5) is 0 Å². The summed E-state index contributed by atoms with van der Waals surface area (Å²) in [5, 5.41) is 14.0. The van der Waals surface area contributed by atoms with E-state index in [1.54, 1.807) is 20.3 Å². The van der Waals surface area contributed by atoms with E-state index in [1.165, 1.54) is 0 Å². The lowest BCUT2D eigenvalue weighted by Crippen LogP contribution is -2.33. The summed E-state index contributed by atoms with van der Waals surface area (Å²) in [6, 6.07) is 23.2. The van der Waals surface area contributed by atoms with E-state index in [0.29, 0.717) is 6.42 Å². The van der Waals surface area contributed by atoms with Crippen LogP contribution in [0.1, 0.15) is 35.3 Å². The van der Waals surface area contributed by atoms with Crippen LogP contribution in [0.25, 0.3) is 0 Å². The number of para-hydroxylation sites is 1. The molecule has 1 heterocycles. The first-order valence-electron chi connectivity index (χ1n) is 9.57. The molecule has 5 nitrogen and oxygen atoms in total. The standard InChI is InChI=1S/C24H24N2O3/c1-28-17-12-13-23(29-2)19(14-17)21-15-20(18-10-6-7-11-22(18)27)25-24(26-21)16-8-4-3-5-9-16/h3-14,21,24,26-27H,15H2,1-2H3/t21-,24+/m1/s1. The van der Waals surface area contributed by atoms with Gasteiger partial charge >= 0.3 is 0 Å². The number of phenols is 1. The summed E-state index contributed by atoms with van der Waals surface area (Å²) in [5.41, 5.74) is 3.66. The van der Waals surface area contributed by atoms with Crippen LogP contribution in [0, 0.1) is 0 Å². The number of hydrogen-bond donors (Lipinski definition) is 2. The summed E-state index contributed by atoms with van der Waals surface area (Å²) in [7, 11) is 3.32. The summed E-state index contributed by atoms with van der Waals surface area (Å²) in [4.78, 5) is 4.93. The molecule has 0 unspecified atom stereocenters. The Hall–Kier alpha value is -3.31. The Morgan fingerprint density at radius 1 is 0.931 bits per heavy atom. The molecule has 148 valence electrons. The van der Waals surface area contributed by atoms with Gasteiger partial charge in [-0.25, -0.2) is 0 Å². The summed E-state index contributed by atoms with van der Waals surface area (Å²) >= 11 is 0. The predicted molar refractivity (Wildman–Crippen MR) is 114 cm³/mol. The van der Waals surface area contributed by atoms with Gasteiger partial charge in [-0.2, -0.15) is 0 Å². The number of nitrogens with zero attached hydrogens (tertiary/aromatic N) is 1. The number of aromatic hydroxyl groups is 1. The number of aliphatic imine (C=N–C) groups is 1. The van der Waals surface area contributed by atoms with Gasteiger partial charge in [0.05, 0.1) is 19.9 Å². The Morgan fingerprint density at radius 3 is 2.41 bits per heavy atom. The van der Waals surface area contributed by atoms with E-state index in [2.05, 4.69) is 17.4 Å². The average Bonchev–Trinajstić information content (AvgIpc) is 2.79. The molecule has 0 bridgehead atoms. The molecule has 0 saturated heterocycles. The van der Waals surface area contributed by atoms with Crippen LogP contribution in [0.15, 0.2) is 77.8 Å². The van der Waals surface area contributed by atoms with E-state index in [4.69, 9.17) is 14.5 Å². The van der Waals surface area contributed by atoms with Gasteiger partial charge in [0.15, 0.2) is 0 Å². The molecule has 1 aliphatic rings. The molecule has 4 rings (SSSR count). The fourth-order valence-corrected chi connectivity index (χ4v) is 3.70. The predicted octanol–water partition coefficient (Wildman–Crippen LogP) is 4.63. The molecule has 5 heteroatoms. The van der Waals surface area contributed by atoms with E-state index in [9.17, 15) is 5.11 Å². The smallest absolute Gasteiger partial charge is 0.126 e. The van der Waals surface area contributed by atoms with Gasteiger partial charge in [-0.1, -0.05) is 42.5 Å². The molecule has 0 fully saturated rings. The minimum Gasteiger partial charge on any atom is -0.507 e. The highest BCUT2D eigenvalue weighted by Crippen LogP contribution is 2.37. The molecule has 3 aromatic rings. The molecule has 1 aliphatic heterocycles. The number of nitrogens with one attached hydrogen (secondary N) is 1. The molecule has 29 heavy (non-hydrogen) atoms. The first-order valence-corrected chi connectivity index (χ1v) is 9.57. The Balaban J connectivity index is 1.79. The largest absolute Gasteiger partial charge is 0.507 e. The summed E-state index contributed by atoms with van der Waals surface area (Å²) in [6.45, 7) is 0. The third-order valence-electron chi connectivity index (χ3n) is 5.18. The Bertz CT molecular complexity index is 1020. The van der Waals surface area contributed by atoms with Gasteiger partial charge in [0.25, 0.3) is 0 Å². The van der Waals surface area contributed by atoms with Crippen LogP contribution in [0.2, 0.25) is 0 Å². The van der Waals surface area contributed by atoms with Crippen molar-refractivity contribution in [3.05, 3.63) is 89.5 Å². The van der Waals surface area contributed by atoms with Crippen LogP contribution in [0.3, 0.4) is 0 Å². The molecular weight excluding hydrogens is 364 g/mol. The molecule has 0 saturated carbocycles. The average molecular weight is 388 g/mol. The fourth-order valence-electron chi connectivity index (χ4n) is 3.70. The molecule has 0 radical (unpaired) electrons. The molecule has 0 aliphatic carbocycles. The third kappa shape index (κ3) is 3.96. The second-order valence-electron chi connectivity index (χ2n) is 6.94. The molecule has 0 spiro atoms. The third-order valence-corrected chi connectivity index (χ3v) is 5.18. The second kappa shape index (κ2) is 8.37. The van der Waals surface area contributed by atoms with E-state index in [0.717, 1.165) is 33.9 Å². The van der Waals surface area contributed by atoms with Crippen molar-refractivity contribution in [2.45, 2.75) is 18.6 Å². The number of hydrogen-bond acceptors (Lipinski definition) is 5. The normalized spacial score (nSPS) is 18.8. The van der Waals surface area contributed by atoms with Crippen LogP contribution in [-0.2, 0) is 0 Å². The van der Waals surface area contributed by atoms with Crippen molar-refractivity contribution in [2.75, 3.05) is 14.2 Å². The van der Waals surface area contributed by atoms with Crippen molar-refractivity contribution in [1.29, 1.82) is 0 Å².